The Balaban J connectivity index is 0.864. The molecule has 1 saturated heterocycles. The monoisotopic (exact) mass is 811 g/mol. The van der Waals surface area contributed by atoms with Gasteiger partial charge >= 0.3 is 0 Å². The van der Waals surface area contributed by atoms with E-state index in [9.17, 15) is 29.1 Å². The highest BCUT2D eigenvalue weighted by Crippen LogP contribution is 2.34. The van der Waals surface area contributed by atoms with Crippen molar-refractivity contribution in [2.45, 2.75) is 90.3 Å². The fourth-order valence-electron chi connectivity index (χ4n) is 6.87. The molecule has 3 aromatic heterocycles. The van der Waals surface area contributed by atoms with Gasteiger partial charge < -0.3 is 36.1 Å². The Morgan fingerprint density at radius 1 is 1.07 bits per heavy atom. The number of pyridine rings is 1. The van der Waals surface area contributed by atoms with Crippen LogP contribution in [0, 0.1) is 11.8 Å². The van der Waals surface area contributed by atoms with E-state index in [-0.39, 0.29) is 41.4 Å². The third-order valence-corrected chi connectivity index (χ3v) is 9.74. The molecule has 6 rings (SSSR count). The third kappa shape index (κ3) is 10.0. The Kier molecular flexibility index (Phi) is 13.5. The number of rotatable bonds is 19. The summed E-state index contributed by atoms with van der Waals surface area (Å²) in [7, 11) is 0. The van der Waals surface area contributed by atoms with Crippen LogP contribution < -0.4 is 31.7 Å². The maximum atomic E-state index is 13.3. The average Bonchev–Trinajstić information content (AvgIpc) is 3.88. The summed E-state index contributed by atoms with van der Waals surface area (Å²) >= 11 is 0. The topological polar surface area (TPSA) is 262 Å². The standard InChI is InChI=1S/C40H49N11O8/c1-4-50-34-28(23-45-26(16-17-40(2,3)57)32(34)47-36(50)33-35(41)49-59-48-33)58-22-10-19-42-18-9-13-29(52)44-21-7-5-6-20-43-25-12-8-11-24-31(25)39(56)51(38(24)55)27-14-15-30(53)46-37(27)54/h8,11-12,23,27,42-43,57H,4-7,9-10,13-15,18-22H2,1-3H3,(H2,41,49)(H,44,52)(H,46,53,54). The number of aromatic nitrogens is 5. The summed E-state index contributed by atoms with van der Waals surface area (Å²) in [6.45, 7) is 8.45. The molecular weight excluding hydrogens is 763 g/mol. The number of unbranched alkanes of at least 4 members (excludes halogenated alkanes) is 2. The van der Waals surface area contributed by atoms with Gasteiger partial charge in [-0.15, -0.1) is 0 Å². The number of amides is 5. The lowest BCUT2D eigenvalue weighted by Gasteiger charge is -2.27. The molecule has 0 aliphatic carbocycles. The van der Waals surface area contributed by atoms with E-state index in [1.807, 2.05) is 11.5 Å². The first kappa shape index (κ1) is 42.2. The van der Waals surface area contributed by atoms with Crippen LogP contribution in [0.5, 0.6) is 5.75 Å². The molecule has 1 aromatic carbocycles. The van der Waals surface area contributed by atoms with E-state index in [1.54, 1.807) is 38.2 Å². The number of nitrogens with zero attached hydrogens (tertiary/aromatic N) is 6. The molecule has 1 atom stereocenters. The van der Waals surface area contributed by atoms with Crippen LogP contribution in [0.3, 0.4) is 0 Å². The number of imide groups is 2. The number of hydrogen-bond donors (Lipinski definition) is 6. The summed E-state index contributed by atoms with van der Waals surface area (Å²) in [5, 5.41) is 29.5. The zero-order valence-electron chi connectivity index (χ0n) is 33.4. The number of anilines is 2. The lowest BCUT2D eigenvalue weighted by atomic mass is 10.0. The van der Waals surface area contributed by atoms with Gasteiger partial charge in [-0.25, -0.2) is 14.6 Å². The Labute approximate surface area is 340 Å². The van der Waals surface area contributed by atoms with Crippen LogP contribution in [0.2, 0.25) is 0 Å². The third-order valence-electron chi connectivity index (χ3n) is 9.74. The van der Waals surface area contributed by atoms with Crippen molar-refractivity contribution in [3.05, 3.63) is 41.2 Å². The van der Waals surface area contributed by atoms with Crippen molar-refractivity contribution < 1.29 is 38.4 Å². The maximum absolute atomic E-state index is 13.3. The molecule has 0 spiro atoms. The van der Waals surface area contributed by atoms with Crippen LogP contribution in [0.25, 0.3) is 22.6 Å². The quantitative estimate of drug-likeness (QED) is 0.0450. The molecule has 1 unspecified atom stereocenters. The van der Waals surface area contributed by atoms with Gasteiger partial charge in [-0.2, -0.15) is 0 Å². The van der Waals surface area contributed by atoms with Crippen molar-refractivity contribution >= 4 is 52.1 Å². The number of piperidine rings is 1. The number of nitrogens with one attached hydrogen (secondary N) is 4. The van der Waals surface area contributed by atoms with E-state index in [1.165, 1.54) is 0 Å². The van der Waals surface area contributed by atoms with Crippen molar-refractivity contribution in [3.63, 3.8) is 0 Å². The summed E-state index contributed by atoms with van der Waals surface area (Å²) in [6.07, 6.45) is 5.90. The highest BCUT2D eigenvalue weighted by atomic mass is 16.6. The first-order valence-corrected chi connectivity index (χ1v) is 19.8. The van der Waals surface area contributed by atoms with Gasteiger partial charge in [0, 0.05) is 38.2 Å². The van der Waals surface area contributed by atoms with Gasteiger partial charge in [0.25, 0.3) is 11.8 Å². The number of nitrogens with two attached hydrogens (primary N) is 1. The molecule has 7 N–H and O–H groups in total. The number of carbonyl (C=O) groups excluding carboxylic acids is 5. The largest absolute Gasteiger partial charge is 0.490 e. The van der Waals surface area contributed by atoms with Crippen LogP contribution in [0.4, 0.5) is 11.5 Å². The molecule has 4 aromatic rings. The highest BCUT2D eigenvalue weighted by molar-refractivity contribution is 6.25. The second-order valence-electron chi connectivity index (χ2n) is 14.7. The number of ether oxygens (including phenoxy) is 1. The summed E-state index contributed by atoms with van der Waals surface area (Å²) in [5.74, 6) is 4.57. The van der Waals surface area contributed by atoms with Crippen LogP contribution in [0.15, 0.2) is 29.0 Å². The second-order valence-corrected chi connectivity index (χ2v) is 14.7. The molecule has 0 radical (unpaired) electrons. The van der Waals surface area contributed by atoms with E-state index >= 15 is 0 Å². The number of hydrogen-bond acceptors (Lipinski definition) is 15. The number of imidazole rings is 1. The first-order chi connectivity index (χ1) is 28.4. The Morgan fingerprint density at radius 2 is 1.86 bits per heavy atom. The molecule has 59 heavy (non-hydrogen) atoms. The van der Waals surface area contributed by atoms with E-state index in [2.05, 4.69) is 48.4 Å². The van der Waals surface area contributed by atoms with Crippen molar-refractivity contribution in [1.29, 1.82) is 0 Å². The first-order valence-electron chi connectivity index (χ1n) is 19.8. The fourth-order valence-corrected chi connectivity index (χ4v) is 6.87. The highest BCUT2D eigenvalue weighted by Gasteiger charge is 2.45. The number of fused-ring (bicyclic) bond motifs is 2. The number of aliphatic hydroxyl groups is 1. The predicted octanol–water partition coefficient (Wildman–Crippen LogP) is 2.14. The zero-order valence-corrected chi connectivity index (χ0v) is 33.4. The van der Waals surface area contributed by atoms with E-state index in [0.717, 1.165) is 24.2 Å². The molecule has 0 saturated carbocycles. The van der Waals surface area contributed by atoms with E-state index < -0.39 is 35.3 Å². The SMILES string of the molecule is CCn1c(-c2nonc2N)nc2c(C#CC(C)(C)O)ncc(OCCCNCCCC(=O)NCCCCCNc3cccc4c3C(=O)N(C3CCC(=O)NC3=O)C4=O)c21. The van der Waals surface area contributed by atoms with Crippen LogP contribution in [-0.4, -0.2) is 109 Å². The predicted molar refractivity (Wildman–Crippen MR) is 215 cm³/mol. The zero-order chi connectivity index (χ0) is 42.1. The Bertz CT molecular complexity index is 2280. The molecule has 5 amide bonds. The molecule has 2 aliphatic heterocycles. The number of nitrogen functional groups attached to an aromatic ring is 1. The second kappa shape index (κ2) is 18.9. The number of carbonyl (C=O) groups is 5. The van der Waals surface area contributed by atoms with E-state index in [0.29, 0.717) is 92.6 Å². The molecule has 1 fully saturated rings. The molecule has 5 heterocycles. The molecule has 2 aliphatic rings. The normalized spacial score (nSPS) is 15.3. The van der Waals surface area contributed by atoms with Crippen LogP contribution >= 0.6 is 0 Å². The smallest absolute Gasteiger partial charge is 0.264 e. The average molecular weight is 812 g/mol. The Morgan fingerprint density at radius 3 is 2.61 bits per heavy atom. The minimum Gasteiger partial charge on any atom is -0.490 e. The molecular formula is C40H49N11O8. The van der Waals surface area contributed by atoms with E-state index in [4.69, 9.17) is 20.1 Å². The molecule has 19 heteroatoms. The maximum Gasteiger partial charge on any atom is 0.264 e. The fraction of sp³-hybridized carbons (Fsp3) is 0.475. The number of aryl methyl sites for hydroxylation is 1. The molecule has 0 bridgehead atoms. The van der Waals surface area contributed by atoms with Gasteiger partial charge in [-0.1, -0.05) is 12.0 Å². The Hall–Kier alpha value is -6.39. The number of benzene rings is 1. The van der Waals surface area contributed by atoms with Gasteiger partial charge in [-0.05, 0) is 101 Å². The van der Waals surface area contributed by atoms with Crippen LogP contribution in [-0.2, 0) is 20.9 Å². The molecule has 19 nitrogen and oxygen atoms in total. The van der Waals surface area contributed by atoms with Gasteiger partial charge in [0.15, 0.2) is 23.1 Å². The van der Waals surface area contributed by atoms with Gasteiger partial charge in [0.05, 0.1) is 23.9 Å². The van der Waals surface area contributed by atoms with Crippen molar-refractivity contribution in [1.82, 2.24) is 45.7 Å². The van der Waals surface area contributed by atoms with Gasteiger partial charge in [-0.3, -0.25) is 34.2 Å². The minimum atomic E-state index is -1.23. The van der Waals surface area contributed by atoms with Crippen molar-refractivity contribution in [2.24, 2.45) is 0 Å². The lowest BCUT2D eigenvalue weighted by molar-refractivity contribution is -0.136. The molecule has 312 valence electrons. The minimum absolute atomic E-state index is 0.0147. The summed E-state index contributed by atoms with van der Waals surface area (Å²) in [4.78, 5) is 72.8. The summed E-state index contributed by atoms with van der Waals surface area (Å²) in [5.41, 5.74) is 7.52. The summed E-state index contributed by atoms with van der Waals surface area (Å²) < 4.78 is 12.9. The van der Waals surface area contributed by atoms with Crippen LogP contribution in [0.1, 0.15) is 98.5 Å². The van der Waals surface area contributed by atoms with Crippen molar-refractivity contribution in [2.75, 3.05) is 43.8 Å². The lowest BCUT2D eigenvalue weighted by Crippen LogP contribution is -2.54. The van der Waals surface area contributed by atoms with Gasteiger partial charge in [0.2, 0.25) is 17.7 Å². The van der Waals surface area contributed by atoms with Gasteiger partial charge in [0.1, 0.15) is 28.4 Å². The summed E-state index contributed by atoms with van der Waals surface area (Å²) in [6, 6.07) is 3.96. The van der Waals surface area contributed by atoms with Crippen molar-refractivity contribution in [3.8, 4) is 29.1 Å².